The number of alkyl halides is 3. The molecule has 1 aliphatic carbocycles. The van der Waals surface area contributed by atoms with Crippen LogP contribution in [0.15, 0.2) is 10.3 Å². The second-order valence-corrected chi connectivity index (χ2v) is 7.43. The molecule has 0 spiro atoms. The summed E-state index contributed by atoms with van der Waals surface area (Å²) in [5, 5.41) is 1.19. The fraction of sp³-hybridized carbons (Fsp3) is 0.727. The van der Waals surface area contributed by atoms with Crippen LogP contribution in [0.3, 0.4) is 0 Å². The first-order valence-electron chi connectivity index (χ1n) is 6.29. The Kier molecular flexibility index (Phi) is 4.79. The van der Waals surface area contributed by atoms with E-state index in [0.29, 0.717) is 4.31 Å². The molecule has 0 bridgehead atoms. The molecule has 0 N–H and O–H groups in total. The molecule has 1 fully saturated rings. The number of nitrogens with zero attached hydrogens (tertiary/aromatic N) is 2. The summed E-state index contributed by atoms with van der Waals surface area (Å²) in [6, 6.07) is 0. The Morgan fingerprint density at radius 1 is 1.48 bits per heavy atom. The molecule has 1 aliphatic rings. The Balaban J connectivity index is 2.29. The van der Waals surface area contributed by atoms with Crippen LogP contribution in [0.1, 0.15) is 19.3 Å². The van der Waals surface area contributed by atoms with Crippen molar-refractivity contribution in [3.8, 4) is 5.88 Å². The van der Waals surface area contributed by atoms with Gasteiger partial charge in [-0.3, -0.25) is 0 Å². The number of hydrogen-bond donors (Lipinski definition) is 0. The van der Waals surface area contributed by atoms with E-state index in [1.54, 1.807) is 0 Å². The Hall–Kier alpha value is -0.870. The zero-order valence-corrected chi connectivity index (χ0v) is 12.9. The fourth-order valence-electron chi connectivity index (χ4n) is 2.08. The van der Waals surface area contributed by atoms with E-state index in [2.05, 4.69) is 4.37 Å². The van der Waals surface area contributed by atoms with E-state index >= 15 is 0 Å². The minimum atomic E-state index is -4.59. The normalized spacial score (nSPS) is 17.0. The quantitative estimate of drug-likeness (QED) is 0.796. The summed E-state index contributed by atoms with van der Waals surface area (Å²) in [5.74, 6) is -0.180. The van der Waals surface area contributed by atoms with Crippen molar-refractivity contribution in [2.45, 2.75) is 30.3 Å². The molecule has 120 valence electrons. The molecule has 0 unspecified atom stereocenters. The highest BCUT2D eigenvalue weighted by atomic mass is 32.2. The smallest absolute Gasteiger partial charge is 0.402 e. The third-order valence-corrected chi connectivity index (χ3v) is 5.93. The van der Waals surface area contributed by atoms with Gasteiger partial charge in [0.2, 0.25) is 15.9 Å². The van der Waals surface area contributed by atoms with E-state index in [1.807, 2.05) is 0 Å². The van der Waals surface area contributed by atoms with Crippen LogP contribution in [0.5, 0.6) is 5.88 Å². The zero-order chi connectivity index (χ0) is 15.7. The van der Waals surface area contributed by atoms with Gasteiger partial charge in [0, 0.05) is 11.9 Å². The summed E-state index contributed by atoms with van der Waals surface area (Å²) in [4.78, 5) is -0.307. The number of hydrogen-bond acceptors (Lipinski definition) is 5. The molecule has 10 heteroatoms. The molecule has 1 saturated carbocycles. The van der Waals surface area contributed by atoms with Crippen LogP contribution in [0.2, 0.25) is 0 Å². The van der Waals surface area contributed by atoms with Gasteiger partial charge in [0.1, 0.15) is 6.54 Å². The van der Waals surface area contributed by atoms with E-state index in [9.17, 15) is 21.6 Å². The van der Waals surface area contributed by atoms with Crippen LogP contribution in [0, 0.1) is 5.92 Å². The van der Waals surface area contributed by atoms with Gasteiger partial charge >= 0.3 is 6.18 Å². The summed E-state index contributed by atoms with van der Waals surface area (Å²) < 4.78 is 71.9. The average molecular weight is 344 g/mol. The Bertz CT molecular complexity index is 582. The minimum Gasteiger partial charge on any atom is -0.479 e. The van der Waals surface area contributed by atoms with Crippen LogP contribution >= 0.6 is 11.5 Å². The molecular weight excluding hydrogens is 329 g/mol. The number of rotatable bonds is 6. The zero-order valence-electron chi connectivity index (χ0n) is 11.3. The first-order chi connectivity index (χ1) is 9.74. The lowest BCUT2D eigenvalue weighted by atomic mass is 9.85. The summed E-state index contributed by atoms with van der Waals surface area (Å²) in [7, 11) is -3.04. The van der Waals surface area contributed by atoms with Crippen molar-refractivity contribution >= 4 is 21.6 Å². The fourth-order valence-corrected chi connectivity index (χ4v) is 4.62. The van der Waals surface area contributed by atoms with Gasteiger partial charge in [0.15, 0.2) is 4.90 Å². The molecule has 21 heavy (non-hydrogen) atoms. The molecule has 0 aromatic carbocycles. The van der Waals surface area contributed by atoms with E-state index in [1.165, 1.54) is 12.5 Å². The van der Waals surface area contributed by atoms with Crippen molar-refractivity contribution in [3.05, 3.63) is 5.38 Å². The molecule has 0 atom stereocenters. The van der Waals surface area contributed by atoms with Gasteiger partial charge in [0.25, 0.3) is 0 Å². The number of methoxy groups -OCH3 is 1. The van der Waals surface area contributed by atoms with Crippen molar-refractivity contribution in [1.82, 2.24) is 8.68 Å². The van der Waals surface area contributed by atoms with Gasteiger partial charge in [-0.2, -0.15) is 21.9 Å². The van der Waals surface area contributed by atoms with Crippen LogP contribution in [0.4, 0.5) is 13.2 Å². The molecular formula is C11H15F3N2O3S2. The number of aromatic nitrogens is 1. The molecule has 0 radical (unpaired) electrons. The Morgan fingerprint density at radius 3 is 2.62 bits per heavy atom. The highest BCUT2D eigenvalue weighted by molar-refractivity contribution is 7.89. The predicted molar refractivity (Wildman–Crippen MR) is 70.8 cm³/mol. The first-order valence-corrected chi connectivity index (χ1v) is 8.57. The Morgan fingerprint density at radius 2 is 2.14 bits per heavy atom. The molecule has 1 aromatic heterocycles. The molecule has 0 amide bonds. The van der Waals surface area contributed by atoms with Gasteiger partial charge in [-0.15, -0.1) is 0 Å². The Labute approximate surface area is 124 Å². The number of halogens is 3. The number of ether oxygens (including phenoxy) is 1. The maximum absolute atomic E-state index is 12.7. The van der Waals surface area contributed by atoms with Crippen molar-refractivity contribution < 1.29 is 26.3 Å². The molecule has 2 rings (SSSR count). The lowest BCUT2D eigenvalue weighted by molar-refractivity contribution is -0.137. The molecule has 1 aromatic rings. The van der Waals surface area contributed by atoms with Crippen molar-refractivity contribution in [2.75, 3.05) is 20.2 Å². The number of sulfonamides is 1. The van der Waals surface area contributed by atoms with E-state index in [4.69, 9.17) is 4.74 Å². The maximum Gasteiger partial charge on any atom is 0.402 e. The third kappa shape index (κ3) is 3.86. The first kappa shape index (κ1) is 16.5. The summed E-state index contributed by atoms with van der Waals surface area (Å²) in [6.07, 6.45) is -2.16. The molecule has 0 aliphatic heterocycles. The summed E-state index contributed by atoms with van der Waals surface area (Å²) >= 11 is 0.830. The van der Waals surface area contributed by atoms with Crippen molar-refractivity contribution in [1.29, 1.82) is 0 Å². The van der Waals surface area contributed by atoms with Crippen LogP contribution in [-0.2, 0) is 10.0 Å². The minimum absolute atomic E-state index is 0.0142. The van der Waals surface area contributed by atoms with Gasteiger partial charge < -0.3 is 4.74 Å². The predicted octanol–water partition coefficient (Wildman–Crippen LogP) is 2.50. The van der Waals surface area contributed by atoms with E-state index in [-0.39, 0.29) is 23.2 Å². The SMILES string of the molecule is COc1nscc1S(=O)(=O)N(CC1CCC1)CC(F)(F)F. The van der Waals surface area contributed by atoms with Gasteiger partial charge in [-0.1, -0.05) is 6.42 Å². The summed E-state index contributed by atoms with van der Waals surface area (Å²) in [6.45, 7) is -1.62. The van der Waals surface area contributed by atoms with Gasteiger partial charge in [0.05, 0.1) is 7.11 Å². The molecule has 5 nitrogen and oxygen atoms in total. The molecule has 0 saturated heterocycles. The van der Waals surface area contributed by atoms with E-state index in [0.717, 1.165) is 30.8 Å². The summed E-state index contributed by atoms with van der Waals surface area (Å²) in [5.41, 5.74) is 0. The monoisotopic (exact) mass is 344 g/mol. The van der Waals surface area contributed by atoms with Gasteiger partial charge in [-0.05, 0) is 30.3 Å². The average Bonchev–Trinajstić information content (AvgIpc) is 2.79. The second kappa shape index (κ2) is 6.09. The van der Waals surface area contributed by atoms with Crippen molar-refractivity contribution in [3.63, 3.8) is 0 Å². The van der Waals surface area contributed by atoms with Gasteiger partial charge in [-0.25, -0.2) is 8.42 Å². The second-order valence-electron chi connectivity index (χ2n) is 4.90. The standard InChI is InChI=1S/C11H15F3N2O3S2/c1-19-10-9(6-20-15-10)21(17,18)16(7-11(12,13)14)5-8-3-2-4-8/h6,8H,2-5,7H2,1H3. The largest absolute Gasteiger partial charge is 0.479 e. The topological polar surface area (TPSA) is 59.5 Å². The van der Waals surface area contributed by atoms with E-state index < -0.39 is 22.7 Å². The third-order valence-electron chi connectivity index (χ3n) is 3.36. The highest BCUT2D eigenvalue weighted by Crippen LogP contribution is 2.33. The highest BCUT2D eigenvalue weighted by Gasteiger charge is 2.40. The van der Waals surface area contributed by atoms with Crippen LogP contribution < -0.4 is 4.74 Å². The van der Waals surface area contributed by atoms with Crippen LogP contribution in [-0.4, -0.2) is 43.5 Å². The van der Waals surface area contributed by atoms with Crippen LogP contribution in [0.25, 0.3) is 0 Å². The lowest BCUT2D eigenvalue weighted by Gasteiger charge is -2.32. The maximum atomic E-state index is 12.7. The van der Waals surface area contributed by atoms with Crippen molar-refractivity contribution in [2.24, 2.45) is 5.92 Å². The molecule has 1 heterocycles. The lowest BCUT2D eigenvalue weighted by Crippen LogP contribution is -2.42.